The van der Waals surface area contributed by atoms with Gasteiger partial charge in [-0.25, -0.2) is 17.6 Å². The van der Waals surface area contributed by atoms with Crippen LogP contribution in [0.15, 0.2) is 18.2 Å². The first-order chi connectivity index (χ1) is 9.95. The quantitative estimate of drug-likeness (QED) is 0.842. The van der Waals surface area contributed by atoms with Crippen molar-refractivity contribution in [2.75, 3.05) is 39.3 Å². The van der Waals surface area contributed by atoms with Crippen molar-refractivity contribution < 1.29 is 22.7 Å². The van der Waals surface area contributed by atoms with E-state index in [-0.39, 0.29) is 18.7 Å². The van der Waals surface area contributed by atoms with Gasteiger partial charge in [0, 0.05) is 44.4 Å². The molecule has 1 fully saturated rings. The van der Waals surface area contributed by atoms with Gasteiger partial charge in [-0.3, -0.25) is 9.80 Å². The third-order valence-corrected chi connectivity index (χ3v) is 3.61. The summed E-state index contributed by atoms with van der Waals surface area (Å²) < 4.78 is 50.9. The Balaban J connectivity index is 1.85. The summed E-state index contributed by atoms with van der Waals surface area (Å²) in [7, 11) is 0. The van der Waals surface area contributed by atoms with E-state index in [9.17, 15) is 22.7 Å². The largest absolute Gasteiger partial charge is 0.387 e. The molecule has 1 aliphatic rings. The highest BCUT2D eigenvalue weighted by atomic mass is 19.3. The molecule has 0 aromatic heterocycles. The topological polar surface area (TPSA) is 26.7 Å². The van der Waals surface area contributed by atoms with E-state index in [1.807, 2.05) is 4.90 Å². The Morgan fingerprint density at radius 1 is 1.00 bits per heavy atom. The normalized spacial score (nSPS) is 19.1. The summed E-state index contributed by atoms with van der Waals surface area (Å²) in [5.41, 5.74) is 0.0476. The van der Waals surface area contributed by atoms with Crippen molar-refractivity contribution in [3.8, 4) is 0 Å². The van der Waals surface area contributed by atoms with Crippen LogP contribution in [0.1, 0.15) is 11.7 Å². The van der Waals surface area contributed by atoms with Crippen LogP contribution in [0.5, 0.6) is 0 Å². The summed E-state index contributed by atoms with van der Waals surface area (Å²) >= 11 is 0. The van der Waals surface area contributed by atoms with E-state index in [1.165, 1.54) is 6.07 Å². The predicted octanol–water partition coefficient (Wildman–Crippen LogP) is 1.88. The van der Waals surface area contributed by atoms with Gasteiger partial charge < -0.3 is 5.11 Å². The zero-order valence-corrected chi connectivity index (χ0v) is 11.5. The Bertz CT molecular complexity index is 464. The van der Waals surface area contributed by atoms with E-state index in [0.717, 1.165) is 12.1 Å². The number of halogens is 4. The average Bonchev–Trinajstić information content (AvgIpc) is 2.40. The lowest BCUT2D eigenvalue weighted by Crippen LogP contribution is -2.48. The molecule has 1 aromatic carbocycles. The van der Waals surface area contributed by atoms with Gasteiger partial charge in [-0.2, -0.15) is 0 Å². The zero-order valence-electron chi connectivity index (χ0n) is 11.5. The fraction of sp³-hybridized carbons (Fsp3) is 0.571. The van der Waals surface area contributed by atoms with Gasteiger partial charge in [0.1, 0.15) is 11.6 Å². The Morgan fingerprint density at radius 2 is 1.57 bits per heavy atom. The van der Waals surface area contributed by atoms with Crippen LogP contribution in [0.4, 0.5) is 17.6 Å². The fourth-order valence-electron chi connectivity index (χ4n) is 2.46. The van der Waals surface area contributed by atoms with Gasteiger partial charge in [0.05, 0.1) is 12.6 Å². The monoisotopic (exact) mass is 306 g/mol. The van der Waals surface area contributed by atoms with Crippen molar-refractivity contribution in [1.82, 2.24) is 9.80 Å². The third kappa shape index (κ3) is 4.66. The molecule has 7 heteroatoms. The minimum atomic E-state index is -2.35. The van der Waals surface area contributed by atoms with Crippen LogP contribution in [-0.4, -0.2) is 60.6 Å². The van der Waals surface area contributed by atoms with Gasteiger partial charge in [0.25, 0.3) is 6.43 Å². The first-order valence-corrected chi connectivity index (χ1v) is 6.81. The number of hydrogen-bond acceptors (Lipinski definition) is 3. The van der Waals surface area contributed by atoms with E-state index in [0.29, 0.717) is 26.2 Å². The van der Waals surface area contributed by atoms with Gasteiger partial charge >= 0.3 is 0 Å². The van der Waals surface area contributed by atoms with Crippen molar-refractivity contribution >= 4 is 0 Å². The second-order valence-corrected chi connectivity index (χ2v) is 5.17. The number of piperazine rings is 1. The molecule has 1 saturated heterocycles. The number of alkyl halides is 2. The minimum Gasteiger partial charge on any atom is -0.387 e. The lowest BCUT2D eigenvalue weighted by Gasteiger charge is -2.35. The summed E-state index contributed by atoms with van der Waals surface area (Å²) in [6.07, 6.45) is -3.41. The second kappa shape index (κ2) is 7.20. The number of hydrogen-bond donors (Lipinski definition) is 1. The fourth-order valence-corrected chi connectivity index (χ4v) is 2.46. The zero-order chi connectivity index (χ0) is 15.4. The van der Waals surface area contributed by atoms with E-state index in [2.05, 4.69) is 0 Å². The molecule has 3 nitrogen and oxygen atoms in total. The van der Waals surface area contributed by atoms with Gasteiger partial charge in [-0.15, -0.1) is 0 Å². The first kappa shape index (κ1) is 16.2. The molecule has 0 spiro atoms. The molecule has 0 bridgehead atoms. The molecule has 1 atom stereocenters. The van der Waals surface area contributed by atoms with Gasteiger partial charge in [-0.05, 0) is 6.07 Å². The molecule has 2 rings (SSSR count). The van der Waals surface area contributed by atoms with E-state index in [1.54, 1.807) is 4.90 Å². The number of benzene rings is 1. The van der Waals surface area contributed by atoms with E-state index >= 15 is 0 Å². The molecule has 118 valence electrons. The van der Waals surface area contributed by atoms with Crippen molar-refractivity contribution in [2.45, 2.75) is 12.5 Å². The highest BCUT2D eigenvalue weighted by Gasteiger charge is 2.22. The maximum atomic E-state index is 13.6. The van der Waals surface area contributed by atoms with Crippen LogP contribution in [-0.2, 0) is 0 Å². The van der Waals surface area contributed by atoms with Crippen LogP contribution in [0.25, 0.3) is 0 Å². The Morgan fingerprint density at radius 3 is 2.10 bits per heavy atom. The van der Waals surface area contributed by atoms with Crippen LogP contribution >= 0.6 is 0 Å². The molecule has 1 N–H and O–H groups in total. The lowest BCUT2D eigenvalue weighted by molar-refractivity contribution is 0.0378. The van der Waals surface area contributed by atoms with Crippen molar-refractivity contribution in [3.63, 3.8) is 0 Å². The molecule has 1 unspecified atom stereocenters. The third-order valence-electron chi connectivity index (χ3n) is 3.61. The van der Waals surface area contributed by atoms with Crippen molar-refractivity contribution in [3.05, 3.63) is 35.4 Å². The molecule has 0 amide bonds. The van der Waals surface area contributed by atoms with Crippen LogP contribution < -0.4 is 0 Å². The summed E-state index contributed by atoms with van der Waals surface area (Å²) in [6.45, 7) is 2.00. The number of aliphatic hydroxyl groups excluding tert-OH is 1. The SMILES string of the molecule is OC(CN1CCN(CC(F)F)CC1)c1ccc(F)cc1F. The summed E-state index contributed by atoms with van der Waals surface area (Å²) in [6, 6.07) is 3.06. The molecule has 0 saturated carbocycles. The molecule has 21 heavy (non-hydrogen) atoms. The maximum Gasteiger partial charge on any atom is 0.251 e. The molecular formula is C14H18F4N2O. The van der Waals surface area contributed by atoms with Crippen molar-refractivity contribution in [1.29, 1.82) is 0 Å². The summed E-state index contributed by atoms with van der Waals surface area (Å²) in [5, 5.41) is 10.0. The summed E-state index contributed by atoms with van der Waals surface area (Å²) in [4.78, 5) is 3.54. The van der Waals surface area contributed by atoms with Crippen LogP contribution in [0, 0.1) is 11.6 Å². The highest BCUT2D eigenvalue weighted by Crippen LogP contribution is 2.19. The molecule has 1 aromatic rings. The van der Waals surface area contributed by atoms with Gasteiger partial charge in [-0.1, -0.05) is 6.07 Å². The maximum absolute atomic E-state index is 13.6. The molecule has 1 aliphatic heterocycles. The van der Waals surface area contributed by atoms with E-state index < -0.39 is 24.2 Å². The van der Waals surface area contributed by atoms with Crippen molar-refractivity contribution in [2.24, 2.45) is 0 Å². The van der Waals surface area contributed by atoms with Gasteiger partial charge in [0.15, 0.2) is 0 Å². The smallest absolute Gasteiger partial charge is 0.251 e. The predicted molar refractivity (Wildman–Crippen MR) is 70.2 cm³/mol. The number of aliphatic hydroxyl groups is 1. The first-order valence-electron chi connectivity index (χ1n) is 6.81. The summed E-state index contributed by atoms with van der Waals surface area (Å²) in [5.74, 6) is -1.47. The Kier molecular flexibility index (Phi) is 5.55. The average molecular weight is 306 g/mol. The molecule has 0 radical (unpaired) electrons. The van der Waals surface area contributed by atoms with Crippen LogP contribution in [0.2, 0.25) is 0 Å². The lowest BCUT2D eigenvalue weighted by atomic mass is 10.1. The number of nitrogens with zero attached hydrogens (tertiary/aromatic N) is 2. The Labute approximate surface area is 120 Å². The number of rotatable bonds is 5. The number of β-amino-alcohol motifs (C(OH)–C–C–N with tert-alkyl or cyclic N) is 1. The standard InChI is InChI=1S/C14H18F4N2O/c15-10-1-2-11(12(16)7-10)13(21)8-19-3-5-20(6-4-19)9-14(17)18/h1-2,7,13-14,21H,3-6,8-9H2. The van der Waals surface area contributed by atoms with E-state index in [4.69, 9.17) is 0 Å². The van der Waals surface area contributed by atoms with Gasteiger partial charge in [0.2, 0.25) is 0 Å². The molecule has 1 heterocycles. The molecule has 0 aliphatic carbocycles. The Hall–Kier alpha value is -1.18. The molecular weight excluding hydrogens is 288 g/mol. The minimum absolute atomic E-state index is 0.0476. The van der Waals surface area contributed by atoms with Crippen LogP contribution in [0.3, 0.4) is 0 Å². The highest BCUT2D eigenvalue weighted by molar-refractivity contribution is 5.21. The second-order valence-electron chi connectivity index (χ2n) is 5.17.